The largest absolute Gasteiger partial charge is 0.494 e. The molecule has 4 aromatic rings. The number of ether oxygens (including phenoxy) is 1. The maximum atomic E-state index is 13.2. The molecule has 0 unspecified atom stereocenters. The molecule has 1 aliphatic carbocycles. The number of nitrogen functional groups attached to an aromatic ring is 1. The molecule has 0 spiro atoms. The summed E-state index contributed by atoms with van der Waals surface area (Å²) in [6.07, 6.45) is 3.64. The van der Waals surface area contributed by atoms with E-state index in [0.717, 1.165) is 37.0 Å². The third-order valence-corrected chi connectivity index (χ3v) is 5.66. The molecule has 0 aliphatic heterocycles. The summed E-state index contributed by atoms with van der Waals surface area (Å²) in [6, 6.07) is 15.3. The second kappa shape index (κ2) is 9.75. The number of hydrogen-bond donors (Lipinski definition) is 2. The highest BCUT2D eigenvalue weighted by Crippen LogP contribution is 2.28. The number of nitrogens with one attached hydrogen (secondary N) is 1. The van der Waals surface area contributed by atoms with Crippen molar-refractivity contribution in [3.05, 3.63) is 65.4 Å². The zero-order chi connectivity index (χ0) is 24.2. The summed E-state index contributed by atoms with van der Waals surface area (Å²) in [5.74, 6) is 0.351. The fourth-order valence-electron chi connectivity index (χ4n) is 4.00. The van der Waals surface area contributed by atoms with E-state index in [1.165, 1.54) is 10.2 Å². The Kier molecular flexibility index (Phi) is 6.20. The number of aromatic nitrogens is 5. The van der Waals surface area contributed by atoms with Crippen LogP contribution in [0.5, 0.6) is 5.75 Å². The van der Waals surface area contributed by atoms with Crippen molar-refractivity contribution >= 4 is 17.4 Å². The molecule has 0 bridgehead atoms. The lowest BCUT2D eigenvalue weighted by Gasteiger charge is -2.17. The van der Waals surface area contributed by atoms with Gasteiger partial charge in [-0.3, -0.25) is 4.79 Å². The van der Waals surface area contributed by atoms with Crippen molar-refractivity contribution < 1.29 is 14.2 Å². The highest BCUT2D eigenvalue weighted by atomic mass is 16.6. The van der Waals surface area contributed by atoms with E-state index >= 15 is 0 Å². The zero-order valence-electron chi connectivity index (χ0n) is 19.1. The first-order valence-electron chi connectivity index (χ1n) is 11.4. The summed E-state index contributed by atoms with van der Waals surface area (Å²) < 4.78 is 11.7. The van der Waals surface area contributed by atoms with Crippen LogP contribution in [0.15, 0.2) is 58.3 Å². The number of fused-ring (bicyclic) bond motifs is 1. The summed E-state index contributed by atoms with van der Waals surface area (Å²) in [7, 11) is 0. The summed E-state index contributed by atoms with van der Waals surface area (Å²) >= 11 is 0. The average Bonchev–Trinajstić information content (AvgIpc) is 3.52. The lowest BCUT2D eigenvalue weighted by molar-refractivity contribution is 0.0950. The number of nitrogens with two attached hydrogens (primary N) is 1. The molecule has 0 fully saturated rings. The number of hydrazone groups is 1. The van der Waals surface area contributed by atoms with E-state index in [4.69, 9.17) is 15.1 Å². The van der Waals surface area contributed by atoms with E-state index in [2.05, 4.69) is 37.2 Å². The van der Waals surface area contributed by atoms with Gasteiger partial charge in [0, 0.05) is 11.1 Å². The van der Waals surface area contributed by atoms with Crippen LogP contribution >= 0.6 is 0 Å². The monoisotopic (exact) mass is 472 g/mol. The van der Waals surface area contributed by atoms with Crippen molar-refractivity contribution in [2.75, 3.05) is 12.3 Å². The molecule has 0 saturated heterocycles. The fraction of sp³-hybridized carbons (Fsp3) is 0.250. The predicted octanol–water partition coefficient (Wildman–Crippen LogP) is 3.16. The van der Waals surface area contributed by atoms with Gasteiger partial charge in [-0.1, -0.05) is 36.4 Å². The molecule has 1 amide bonds. The second-order valence-corrected chi connectivity index (χ2v) is 8.05. The average molecular weight is 473 g/mol. The quantitative estimate of drug-likeness (QED) is 0.390. The Bertz CT molecular complexity index is 1370. The molecule has 11 heteroatoms. The summed E-state index contributed by atoms with van der Waals surface area (Å²) in [4.78, 5) is 13.2. The normalized spacial score (nSPS) is 14.0. The molecule has 3 N–H and O–H groups in total. The number of carbonyl (C=O) groups is 1. The number of rotatable bonds is 7. The van der Waals surface area contributed by atoms with Crippen LogP contribution in [0.2, 0.25) is 0 Å². The van der Waals surface area contributed by atoms with E-state index in [0.29, 0.717) is 23.6 Å². The van der Waals surface area contributed by atoms with Crippen molar-refractivity contribution in [1.29, 1.82) is 0 Å². The van der Waals surface area contributed by atoms with Gasteiger partial charge in [-0.05, 0) is 65.8 Å². The smallest absolute Gasteiger partial charge is 0.294 e. The molecule has 5 rings (SSSR count). The minimum absolute atomic E-state index is 0.0186. The van der Waals surface area contributed by atoms with Crippen LogP contribution in [0.3, 0.4) is 0 Å². The lowest BCUT2D eigenvalue weighted by Crippen LogP contribution is -2.23. The zero-order valence-corrected chi connectivity index (χ0v) is 19.1. The number of aryl methyl sites for hydroxylation is 1. The van der Waals surface area contributed by atoms with Crippen LogP contribution in [-0.2, 0) is 6.42 Å². The Morgan fingerprint density at radius 2 is 2.00 bits per heavy atom. The minimum atomic E-state index is -0.511. The van der Waals surface area contributed by atoms with Crippen LogP contribution < -0.4 is 15.9 Å². The Hall–Kier alpha value is -4.54. The second-order valence-electron chi connectivity index (χ2n) is 8.05. The molecule has 0 saturated carbocycles. The fourth-order valence-corrected chi connectivity index (χ4v) is 4.00. The SMILES string of the molecule is CCCOc1ccc(-c2c(C(=O)N/N=C3\CCCc4ccccc43)nnn2-c2nonc2N)cc1. The van der Waals surface area contributed by atoms with Crippen molar-refractivity contribution in [3.8, 4) is 22.8 Å². The van der Waals surface area contributed by atoms with Crippen molar-refractivity contribution in [3.63, 3.8) is 0 Å². The minimum Gasteiger partial charge on any atom is -0.494 e. The molecule has 178 valence electrons. The first-order chi connectivity index (χ1) is 17.2. The standard InChI is InChI=1S/C24H24N8O3/c1-2-14-34-17-12-10-16(11-13-17)21-20(27-31-32(21)23-22(25)29-35-30-23)24(33)28-26-19-9-5-7-15-6-3-4-8-18(15)19/h3-4,6,8,10-13H,2,5,7,9,14H2,1H3,(H2,25,29)(H,28,33)/b26-19+. The molecule has 0 atom stereocenters. The van der Waals surface area contributed by atoms with Gasteiger partial charge in [0.2, 0.25) is 11.6 Å². The Morgan fingerprint density at radius 1 is 1.17 bits per heavy atom. The van der Waals surface area contributed by atoms with Crippen molar-refractivity contribution in [2.24, 2.45) is 5.10 Å². The van der Waals surface area contributed by atoms with Gasteiger partial charge in [0.05, 0.1) is 12.3 Å². The summed E-state index contributed by atoms with van der Waals surface area (Å²) in [5, 5.41) is 20.1. The number of benzene rings is 2. The number of hydrogen-bond acceptors (Lipinski definition) is 9. The van der Waals surface area contributed by atoms with Gasteiger partial charge in [-0.15, -0.1) is 5.10 Å². The lowest BCUT2D eigenvalue weighted by atomic mass is 9.90. The van der Waals surface area contributed by atoms with Crippen LogP contribution in [0, 0.1) is 0 Å². The number of amides is 1. The molecule has 0 radical (unpaired) electrons. The van der Waals surface area contributed by atoms with E-state index in [-0.39, 0.29) is 17.3 Å². The molecular formula is C24H24N8O3. The van der Waals surface area contributed by atoms with Gasteiger partial charge in [0.15, 0.2) is 5.69 Å². The molecule has 2 aromatic carbocycles. The molecular weight excluding hydrogens is 448 g/mol. The van der Waals surface area contributed by atoms with Gasteiger partial charge < -0.3 is 10.5 Å². The van der Waals surface area contributed by atoms with E-state index in [1.54, 1.807) is 0 Å². The Labute approximate surface area is 200 Å². The van der Waals surface area contributed by atoms with E-state index < -0.39 is 5.91 Å². The maximum absolute atomic E-state index is 13.2. The van der Waals surface area contributed by atoms with E-state index in [1.807, 2.05) is 49.4 Å². The van der Waals surface area contributed by atoms with Gasteiger partial charge in [-0.2, -0.15) is 9.78 Å². The first kappa shape index (κ1) is 22.3. The van der Waals surface area contributed by atoms with Crippen LogP contribution in [-0.4, -0.2) is 43.5 Å². The van der Waals surface area contributed by atoms with Gasteiger partial charge in [-0.25, -0.2) is 10.1 Å². The van der Waals surface area contributed by atoms with Crippen molar-refractivity contribution in [1.82, 2.24) is 30.7 Å². The van der Waals surface area contributed by atoms with Crippen molar-refractivity contribution in [2.45, 2.75) is 32.6 Å². The highest BCUT2D eigenvalue weighted by Gasteiger charge is 2.25. The highest BCUT2D eigenvalue weighted by molar-refractivity contribution is 6.04. The third-order valence-electron chi connectivity index (χ3n) is 5.66. The summed E-state index contributed by atoms with van der Waals surface area (Å²) in [5.41, 5.74) is 12.7. The van der Waals surface area contributed by atoms with Gasteiger partial charge in [0.1, 0.15) is 11.4 Å². The van der Waals surface area contributed by atoms with Crippen LogP contribution in [0.25, 0.3) is 17.1 Å². The summed E-state index contributed by atoms with van der Waals surface area (Å²) in [6.45, 7) is 2.65. The number of carbonyl (C=O) groups excluding carboxylic acids is 1. The van der Waals surface area contributed by atoms with E-state index in [9.17, 15) is 4.79 Å². The van der Waals surface area contributed by atoms with Crippen LogP contribution in [0.1, 0.15) is 47.8 Å². The molecule has 1 aliphatic rings. The van der Waals surface area contributed by atoms with Crippen LogP contribution in [0.4, 0.5) is 5.82 Å². The molecule has 2 aromatic heterocycles. The molecule has 11 nitrogen and oxygen atoms in total. The molecule has 35 heavy (non-hydrogen) atoms. The van der Waals surface area contributed by atoms with Gasteiger partial charge >= 0.3 is 0 Å². The molecule has 2 heterocycles. The number of anilines is 1. The topological polar surface area (TPSA) is 146 Å². The Balaban J connectivity index is 1.49. The Morgan fingerprint density at radius 3 is 2.77 bits per heavy atom. The third kappa shape index (κ3) is 4.47. The first-order valence-corrected chi connectivity index (χ1v) is 11.4. The number of nitrogens with zero attached hydrogens (tertiary/aromatic N) is 6. The van der Waals surface area contributed by atoms with Gasteiger partial charge in [0.25, 0.3) is 5.91 Å². The predicted molar refractivity (Wildman–Crippen MR) is 128 cm³/mol. The maximum Gasteiger partial charge on any atom is 0.294 e.